The van der Waals surface area contributed by atoms with Crippen LogP contribution < -0.4 is 9.64 Å². The molecule has 3 aromatic rings. The predicted molar refractivity (Wildman–Crippen MR) is 147 cm³/mol. The highest BCUT2D eigenvalue weighted by molar-refractivity contribution is 5.85. The molecule has 40 heavy (non-hydrogen) atoms. The molecule has 208 valence electrons. The first kappa shape index (κ1) is 25.9. The molecule has 7 rings (SSSR count). The number of likely N-dealkylation sites (tertiary alicyclic amines) is 1. The molecular weight excluding hydrogens is 510 g/mol. The van der Waals surface area contributed by atoms with Crippen molar-refractivity contribution in [3.8, 4) is 22.9 Å². The normalized spacial score (nSPS) is 20.4. The Hall–Kier alpha value is -4.33. The number of ether oxygens (including phenoxy) is 2. The molecule has 3 aromatic heterocycles. The van der Waals surface area contributed by atoms with Gasteiger partial charge in [-0.05, 0) is 51.8 Å². The summed E-state index contributed by atoms with van der Waals surface area (Å²) in [4.78, 5) is 35.2. The van der Waals surface area contributed by atoms with Gasteiger partial charge in [0.25, 0.3) is 0 Å². The van der Waals surface area contributed by atoms with E-state index >= 15 is 0 Å². The molecule has 0 aliphatic carbocycles. The van der Waals surface area contributed by atoms with Crippen LogP contribution in [0.1, 0.15) is 45.6 Å². The summed E-state index contributed by atoms with van der Waals surface area (Å²) in [5.41, 5.74) is 2.27. The number of nitriles is 1. The number of anilines is 1. The summed E-state index contributed by atoms with van der Waals surface area (Å²) in [6, 6.07) is 8.32. The summed E-state index contributed by atoms with van der Waals surface area (Å²) >= 11 is 0. The highest BCUT2D eigenvalue weighted by Crippen LogP contribution is 2.36. The van der Waals surface area contributed by atoms with Gasteiger partial charge in [0.15, 0.2) is 0 Å². The van der Waals surface area contributed by atoms with Gasteiger partial charge in [-0.25, -0.2) is 14.3 Å². The molecule has 4 fully saturated rings. The smallest absolute Gasteiger partial charge is 0.410 e. The third kappa shape index (κ3) is 4.90. The molecule has 7 heterocycles. The molecule has 2 bridgehead atoms. The number of rotatable bonds is 6. The van der Waals surface area contributed by atoms with E-state index in [-0.39, 0.29) is 24.1 Å². The number of piperidine rings is 1. The van der Waals surface area contributed by atoms with Gasteiger partial charge in [-0.1, -0.05) is 0 Å². The molecule has 0 aromatic carbocycles. The summed E-state index contributed by atoms with van der Waals surface area (Å²) in [5, 5.41) is 14.0. The summed E-state index contributed by atoms with van der Waals surface area (Å²) in [6.07, 6.45) is 7.32. The monoisotopic (exact) mass is 543 g/mol. The SMILES string of the molecule is CC(C)(C)OC(=O)N1C2CC1CN(c1ccc(-c3cc(OCCN4CCCC4=O)cn4ncc(C#N)c34)cn1)C2. The van der Waals surface area contributed by atoms with E-state index in [2.05, 4.69) is 16.1 Å². The zero-order valence-electron chi connectivity index (χ0n) is 23.0. The molecule has 2 unspecified atom stereocenters. The topological polar surface area (TPSA) is 116 Å². The second kappa shape index (κ2) is 10.0. The lowest BCUT2D eigenvalue weighted by molar-refractivity contribution is -0.128. The van der Waals surface area contributed by atoms with Crippen molar-refractivity contribution in [3.05, 3.63) is 42.4 Å². The van der Waals surface area contributed by atoms with Gasteiger partial charge < -0.3 is 19.3 Å². The van der Waals surface area contributed by atoms with E-state index in [1.54, 1.807) is 23.1 Å². The van der Waals surface area contributed by atoms with Crippen LogP contribution in [0, 0.1) is 11.3 Å². The minimum atomic E-state index is -0.514. The van der Waals surface area contributed by atoms with Gasteiger partial charge in [-0.15, -0.1) is 0 Å². The Morgan fingerprint density at radius 2 is 2.00 bits per heavy atom. The first-order chi connectivity index (χ1) is 19.2. The number of fused-ring (bicyclic) bond motifs is 3. The van der Waals surface area contributed by atoms with E-state index in [9.17, 15) is 14.9 Å². The minimum Gasteiger partial charge on any atom is -0.490 e. The molecule has 11 nitrogen and oxygen atoms in total. The van der Waals surface area contributed by atoms with Crippen LogP contribution in [0.5, 0.6) is 5.75 Å². The van der Waals surface area contributed by atoms with Crippen LogP contribution in [0.25, 0.3) is 16.6 Å². The maximum absolute atomic E-state index is 12.6. The van der Waals surface area contributed by atoms with Gasteiger partial charge in [0.2, 0.25) is 5.91 Å². The van der Waals surface area contributed by atoms with Gasteiger partial charge >= 0.3 is 6.09 Å². The van der Waals surface area contributed by atoms with Crippen molar-refractivity contribution in [2.75, 3.05) is 37.7 Å². The number of amides is 2. The van der Waals surface area contributed by atoms with Crippen LogP contribution in [0.15, 0.2) is 36.8 Å². The Kier molecular flexibility index (Phi) is 6.49. The van der Waals surface area contributed by atoms with Crippen molar-refractivity contribution in [3.63, 3.8) is 0 Å². The minimum absolute atomic E-state index is 0.115. The number of carbonyl (C=O) groups is 2. The zero-order chi connectivity index (χ0) is 28.0. The molecule has 11 heteroatoms. The zero-order valence-corrected chi connectivity index (χ0v) is 23.0. The van der Waals surface area contributed by atoms with Gasteiger partial charge in [-0.3, -0.25) is 9.69 Å². The van der Waals surface area contributed by atoms with Gasteiger partial charge in [0.1, 0.15) is 29.8 Å². The second-order valence-corrected chi connectivity index (χ2v) is 11.6. The summed E-state index contributed by atoms with van der Waals surface area (Å²) in [6.45, 7) is 8.74. The van der Waals surface area contributed by atoms with Crippen LogP contribution >= 0.6 is 0 Å². The van der Waals surface area contributed by atoms with Crippen LogP contribution in [0.3, 0.4) is 0 Å². The highest BCUT2D eigenvalue weighted by Gasteiger charge is 2.49. The fourth-order valence-electron chi connectivity index (χ4n) is 5.83. The van der Waals surface area contributed by atoms with E-state index in [0.29, 0.717) is 49.5 Å². The van der Waals surface area contributed by atoms with Crippen molar-refractivity contribution < 1.29 is 19.1 Å². The fraction of sp³-hybridized carbons (Fsp3) is 0.483. The van der Waals surface area contributed by atoms with Crippen molar-refractivity contribution in [2.45, 2.75) is 57.7 Å². The van der Waals surface area contributed by atoms with Crippen molar-refractivity contribution in [2.24, 2.45) is 0 Å². The fourth-order valence-corrected chi connectivity index (χ4v) is 5.83. The number of hydrogen-bond acceptors (Lipinski definition) is 8. The van der Waals surface area contributed by atoms with E-state index < -0.39 is 5.60 Å². The Bertz CT molecular complexity index is 1480. The Morgan fingerprint density at radius 1 is 1.20 bits per heavy atom. The van der Waals surface area contributed by atoms with Crippen LogP contribution in [0.4, 0.5) is 10.6 Å². The van der Waals surface area contributed by atoms with Crippen LogP contribution in [-0.2, 0) is 9.53 Å². The largest absolute Gasteiger partial charge is 0.490 e. The number of pyridine rings is 2. The quantitative estimate of drug-likeness (QED) is 0.464. The molecule has 0 radical (unpaired) electrons. The second-order valence-electron chi connectivity index (χ2n) is 11.6. The summed E-state index contributed by atoms with van der Waals surface area (Å²) < 4.78 is 13.3. The van der Waals surface area contributed by atoms with Crippen molar-refractivity contribution in [1.29, 1.82) is 5.26 Å². The number of piperazine rings is 1. The predicted octanol–water partition coefficient (Wildman–Crippen LogP) is 3.47. The van der Waals surface area contributed by atoms with E-state index in [1.165, 1.54) is 0 Å². The third-order valence-electron chi connectivity index (χ3n) is 7.69. The number of hydrogen-bond donors (Lipinski definition) is 0. The molecule has 4 aliphatic heterocycles. The first-order valence-corrected chi connectivity index (χ1v) is 13.7. The number of nitrogens with zero attached hydrogens (tertiary/aromatic N) is 7. The van der Waals surface area contributed by atoms with E-state index in [4.69, 9.17) is 14.5 Å². The summed E-state index contributed by atoms with van der Waals surface area (Å²) in [5.74, 6) is 1.61. The average molecular weight is 544 g/mol. The van der Waals surface area contributed by atoms with Crippen molar-refractivity contribution in [1.82, 2.24) is 24.4 Å². The lowest BCUT2D eigenvalue weighted by atomic mass is 9.88. The summed E-state index contributed by atoms with van der Waals surface area (Å²) in [7, 11) is 0. The van der Waals surface area contributed by atoms with E-state index in [0.717, 1.165) is 36.3 Å². The standard InChI is InChI=1S/C29H33N7O4/c1-29(2,3)40-28(38)36-21-11-22(36)17-34(16-21)25-7-6-19(14-31-25)24-12-23(18-35-27(24)20(13-30)15-32-35)39-10-9-33-8-4-5-26(33)37/h6-7,12,14-15,18,21-22H,4-5,8-11,16-17H2,1-3H3. The lowest BCUT2D eigenvalue weighted by Crippen LogP contribution is -2.70. The number of carbonyl (C=O) groups excluding carboxylic acids is 2. The van der Waals surface area contributed by atoms with Gasteiger partial charge in [0, 0.05) is 43.4 Å². The Labute approximate surface area is 232 Å². The highest BCUT2D eigenvalue weighted by atomic mass is 16.6. The molecule has 4 aliphatic rings. The molecule has 4 saturated heterocycles. The molecule has 0 spiro atoms. The first-order valence-electron chi connectivity index (χ1n) is 13.7. The molecule has 0 saturated carbocycles. The van der Waals surface area contributed by atoms with Crippen LogP contribution in [0.2, 0.25) is 0 Å². The molecule has 0 N–H and O–H groups in total. The van der Waals surface area contributed by atoms with E-state index in [1.807, 2.05) is 48.8 Å². The third-order valence-corrected chi connectivity index (χ3v) is 7.69. The van der Waals surface area contributed by atoms with Gasteiger partial charge in [0.05, 0.1) is 42.1 Å². The van der Waals surface area contributed by atoms with Crippen molar-refractivity contribution >= 4 is 23.3 Å². The Balaban J connectivity index is 1.18. The van der Waals surface area contributed by atoms with Gasteiger partial charge in [-0.2, -0.15) is 10.4 Å². The van der Waals surface area contributed by atoms with Crippen LogP contribution in [-0.4, -0.2) is 86.9 Å². The Morgan fingerprint density at radius 3 is 2.65 bits per heavy atom. The average Bonchev–Trinajstić information content (AvgIpc) is 3.52. The maximum Gasteiger partial charge on any atom is 0.410 e. The lowest BCUT2D eigenvalue weighted by Gasteiger charge is -2.56. The molecule has 2 amide bonds. The number of aromatic nitrogens is 3. The molecule has 2 atom stereocenters. The maximum atomic E-state index is 12.6. The molecular formula is C29H33N7O4.